The number of hydrogen-bond acceptors (Lipinski definition) is 3. The van der Waals surface area contributed by atoms with E-state index in [0.717, 1.165) is 12.0 Å². The number of allylic oxidation sites excluding steroid dienone is 1. The summed E-state index contributed by atoms with van der Waals surface area (Å²) in [5.74, 6) is 0.815. The number of hydrogen-bond donors (Lipinski definition) is 2. The third-order valence-electron chi connectivity index (χ3n) is 6.35. The molecule has 3 rings (SSSR count). The molecule has 3 heteroatoms. The smallest absolute Gasteiger partial charge is 0.158 e. The van der Waals surface area contributed by atoms with Crippen LogP contribution in [0.15, 0.2) is 22.8 Å². The Bertz CT molecular complexity index is 557. The Hall–Kier alpha value is -0.930. The highest BCUT2D eigenvalue weighted by molar-refractivity contribution is 5.98. The SMILES string of the molecule is CC(C)C1=C2C[C@H](O)[C@H](C)[C@@H]3CCC(=O)/C3=C/[C@@]2(C)[C@@H](O)C1. The number of carbonyl (C=O) groups is 1. The maximum absolute atomic E-state index is 12.3. The van der Waals surface area contributed by atoms with Gasteiger partial charge in [0.25, 0.3) is 0 Å². The molecular formula is C19H28O3. The summed E-state index contributed by atoms with van der Waals surface area (Å²) in [6.07, 6.45) is 3.84. The van der Waals surface area contributed by atoms with Crippen LogP contribution in [0.25, 0.3) is 0 Å². The van der Waals surface area contributed by atoms with E-state index >= 15 is 0 Å². The van der Waals surface area contributed by atoms with Gasteiger partial charge in [0.15, 0.2) is 5.78 Å². The van der Waals surface area contributed by atoms with Crippen LogP contribution in [0.4, 0.5) is 0 Å². The molecule has 0 radical (unpaired) electrons. The van der Waals surface area contributed by atoms with Crippen molar-refractivity contribution in [3.63, 3.8) is 0 Å². The van der Waals surface area contributed by atoms with Crippen LogP contribution in [0.3, 0.4) is 0 Å². The molecule has 0 aromatic rings. The average Bonchev–Trinajstić information content (AvgIpc) is 2.91. The Labute approximate surface area is 133 Å². The van der Waals surface area contributed by atoms with E-state index in [4.69, 9.17) is 0 Å². The lowest BCUT2D eigenvalue weighted by atomic mass is 9.70. The fourth-order valence-electron chi connectivity index (χ4n) is 4.72. The molecule has 0 spiro atoms. The van der Waals surface area contributed by atoms with Crippen molar-refractivity contribution in [1.82, 2.24) is 0 Å². The van der Waals surface area contributed by atoms with Crippen LogP contribution < -0.4 is 0 Å². The van der Waals surface area contributed by atoms with Gasteiger partial charge in [-0.25, -0.2) is 0 Å². The van der Waals surface area contributed by atoms with Crippen LogP contribution in [0.1, 0.15) is 53.4 Å². The van der Waals surface area contributed by atoms with Gasteiger partial charge in [0.1, 0.15) is 0 Å². The van der Waals surface area contributed by atoms with Gasteiger partial charge in [-0.1, -0.05) is 38.0 Å². The van der Waals surface area contributed by atoms with Gasteiger partial charge >= 0.3 is 0 Å². The molecule has 1 fully saturated rings. The molecule has 122 valence electrons. The van der Waals surface area contributed by atoms with Crippen LogP contribution in [-0.2, 0) is 4.79 Å². The van der Waals surface area contributed by atoms with Crippen LogP contribution in [-0.4, -0.2) is 28.2 Å². The van der Waals surface area contributed by atoms with Crippen molar-refractivity contribution >= 4 is 5.78 Å². The van der Waals surface area contributed by atoms with Crippen molar-refractivity contribution < 1.29 is 15.0 Å². The summed E-state index contributed by atoms with van der Waals surface area (Å²) in [6.45, 7) is 8.39. The highest BCUT2D eigenvalue weighted by Gasteiger charge is 2.48. The standard InChI is InChI=1S/C19H28O3/c1-10(2)13-7-18(22)19(4)9-14-12(5-6-16(14)20)11(3)17(21)8-15(13)19/h9-12,17-18,21-22H,5-8H2,1-4H3/b14-9+/t11-,12+,17+,18+,19-/m1/s1. The third-order valence-corrected chi connectivity index (χ3v) is 6.35. The average molecular weight is 304 g/mol. The molecule has 3 aliphatic carbocycles. The zero-order valence-corrected chi connectivity index (χ0v) is 14.1. The molecule has 0 amide bonds. The summed E-state index contributed by atoms with van der Waals surface area (Å²) >= 11 is 0. The predicted octanol–water partition coefficient (Wildman–Crippen LogP) is 3.02. The molecule has 0 heterocycles. The minimum absolute atomic E-state index is 0.0981. The summed E-state index contributed by atoms with van der Waals surface area (Å²) in [5, 5.41) is 21.4. The fraction of sp³-hybridized carbons (Fsp3) is 0.737. The van der Waals surface area contributed by atoms with Gasteiger partial charge in [0.2, 0.25) is 0 Å². The van der Waals surface area contributed by atoms with Crippen molar-refractivity contribution in [2.75, 3.05) is 0 Å². The lowest BCUT2D eigenvalue weighted by Crippen LogP contribution is -2.35. The minimum Gasteiger partial charge on any atom is -0.392 e. The number of fused-ring (bicyclic) bond motifs is 2. The van der Waals surface area contributed by atoms with Crippen molar-refractivity contribution in [2.45, 2.75) is 65.6 Å². The molecule has 0 aromatic heterocycles. The monoisotopic (exact) mass is 304 g/mol. The van der Waals surface area contributed by atoms with Crippen LogP contribution in [0.5, 0.6) is 0 Å². The van der Waals surface area contributed by atoms with E-state index in [9.17, 15) is 15.0 Å². The number of aliphatic hydroxyl groups is 2. The number of carbonyl (C=O) groups excluding carboxylic acids is 1. The van der Waals surface area contributed by atoms with E-state index in [1.807, 2.05) is 6.92 Å². The van der Waals surface area contributed by atoms with Gasteiger partial charge < -0.3 is 10.2 Å². The normalized spacial score (nSPS) is 44.5. The Morgan fingerprint density at radius 3 is 2.59 bits per heavy atom. The Morgan fingerprint density at radius 2 is 1.95 bits per heavy atom. The molecule has 1 saturated carbocycles. The first-order valence-corrected chi connectivity index (χ1v) is 8.60. The minimum atomic E-state index is -0.492. The molecule has 0 aromatic carbocycles. The Kier molecular flexibility index (Phi) is 3.85. The van der Waals surface area contributed by atoms with Crippen molar-refractivity contribution in [1.29, 1.82) is 0 Å². The zero-order chi connectivity index (χ0) is 16.2. The van der Waals surface area contributed by atoms with Crippen molar-refractivity contribution in [3.05, 3.63) is 22.8 Å². The van der Waals surface area contributed by atoms with Gasteiger partial charge in [-0.3, -0.25) is 4.79 Å². The maximum atomic E-state index is 12.3. The van der Waals surface area contributed by atoms with Crippen molar-refractivity contribution in [2.24, 2.45) is 23.2 Å². The maximum Gasteiger partial charge on any atom is 0.158 e. The molecule has 2 N–H and O–H groups in total. The van der Waals surface area contributed by atoms with Crippen LogP contribution in [0.2, 0.25) is 0 Å². The molecule has 0 unspecified atom stereocenters. The van der Waals surface area contributed by atoms with E-state index in [0.29, 0.717) is 25.2 Å². The first kappa shape index (κ1) is 15.9. The molecule has 0 bridgehead atoms. The highest BCUT2D eigenvalue weighted by atomic mass is 16.3. The molecule has 3 aliphatic rings. The fourth-order valence-corrected chi connectivity index (χ4v) is 4.72. The van der Waals surface area contributed by atoms with Gasteiger partial charge in [-0.2, -0.15) is 0 Å². The van der Waals surface area contributed by atoms with E-state index in [1.54, 1.807) is 0 Å². The Morgan fingerprint density at radius 1 is 1.27 bits per heavy atom. The van der Waals surface area contributed by atoms with Crippen LogP contribution >= 0.6 is 0 Å². The summed E-state index contributed by atoms with van der Waals surface area (Å²) in [4.78, 5) is 12.3. The first-order chi connectivity index (χ1) is 10.3. The number of aliphatic hydroxyl groups excluding tert-OH is 2. The third kappa shape index (κ3) is 2.21. The summed E-state index contributed by atoms with van der Waals surface area (Å²) < 4.78 is 0. The van der Waals surface area contributed by atoms with E-state index in [2.05, 4.69) is 26.8 Å². The zero-order valence-electron chi connectivity index (χ0n) is 14.1. The largest absolute Gasteiger partial charge is 0.392 e. The summed E-state index contributed by atoms with van der Waals surface area (Å²) in [7, 11) is 0. The van der Waals surface area contributed by atoms with E-state index in [-0.39, 0.29) is 17.6 Å². The van der Waals surface area contributed by atoms with Gasteiger partial charge in [0.05, 0.1) is 12.2 Å². The highest BCUT2D eigenvalue weighted by Crippen LogP contribution is 2.53. The molecule has 0 aliphatic heterocycles. The summed E-state index contributed by atoms with van der Waals surface area (Å²) in [5.41, 5.74) is 2.80. The molecule has 5 atom stereocenters. The molecular weight excluding hydrogens is 276 g/mol. The predicted molar refractivity (Wildman–Crippen MR) is 86.2 cm³/mol. The quantitative estimate of drug-likeness (QED) is 0.732. The van der Waals surface area contributed by atoms with E-state index < -0.39 is 17.6 Å². The lowest BCUT2D eigenvalue weighted by Gasteiger charge is -2.37. The van der Waals surface area contributed by atoms with Crippen molar-refractivity contribution in [3.8, 4) is 0 Å². The van der Waals surface area contributed by atoms with E-state index in [1.165, 1.54) is 11.1 Å². The van der Waals surface area contributed by atoms with Crippen LogP contribution in [0, 0.1) is 23.2 Å². The number of Topliss-reactive ketones (excluding diaryl/α,β-unsaturated/α-hetero) is 1. The number of rotatable bonds is 1. The molecule has 0 saturated heterocycles. The first-order valence-electron chi connectivity index (χ1n) is 8.60. The number of ketones is 1. The van der Waals surface area contributed by atoms with Gasteiger partial charge in [0, 0.05) is 11.8 Å². The van der Waals surface area contributed by atoms with Gasteiger partial charge in [-0.05, 0) is 49.5 Å². The van der Waals surface area contributed by atoms with Gasteiger partial charge in [-0.15, -0.1) is 0 Å². The summed E-state index contributed by atoms with van der Waals surface area (Å²) in [6, 6.07) is 0. The molecule has 3 nitrogen and oxygen atoms in total. The second kappa shape index (κ2) is 5.31. The lowest BCUT2D eigenvalue weighted by molar-refractivity contribution is -0.114. The Balaban J connectivity index is 2.17. The molecule has 22 heavy (non-hydrogen) atoms. The topological polar surface area (TPSA) is 57.5 Å². The second-order valence-corrected chi connectivity index (χ2v) is 7.96. The second-order valence-electron chi connectivity index (χ2n) is 7.96.